The fourth-order valence-corrected chi connectivity index (χ4v) is 0.435. The van der Waals surface area contributed by atoms with E-state index in [-0.39, 0.29) is 25.1 Å². The summed E-state index contributed by atoms with van der Waals surface area (Å²) in [5.74, 6) is 0. The molecular formula is C12H20O4. The zero-order chi connectivity index (χ0) is 12.9. The zero-order valence-electron chi connectivity index (χ0n) is 9.71. The minimum absolute atomic E-state index is 0.0451. The Bertz CT molecular complexity index is 201. The smallest absolute Gasteiger partial charge is 0.290 e. The quantitative estimate of drug-likeness (QED) is 0.668. The van der Waals surface area contributed by atoms with Gasteiger partial charge in [0.25, 0.3) is 6.47 Å². The first-order valence-corrected chi connectivity index (χ1v) is 4.83. The SMILES string of the molecule is CC(C)(CO)CO.O=CO.c1ccccc1. The van der Waals surface area contributed by atoms with E-state index < -0.39 is 0 Å². The third-order valence-electron chi connectivity index (χ3n) is 1.52. The highest BCUT2D eigenvalue weighted by atomic mass is 16.3. The highest BCUT2D eigenvalue weighted by Gasteiger charge is 2.13. The molecule has 4 heteroatoms. The average Bonchev–Trinajstić information content (AvgIpc) is 2.33. The van der Waals surface area contributed by atoms with Crippen LogP contribution in [0.2, 0.25) is 0 Å². The molecule has 0 spiro atoms. The topological polar surface area (TPSA) is 77.8 Å². The Kier molecular flexibility index (Phi) is 12.4. The first-order valence-electron chi connectivity index (χ1n) is 4.83. The predicted molar refractivity (Wildman–Crippen MR) is 63.1 cm³/mol. The second kappa shape index (κ2) is 11.7. The first-order chi connectivity index (χ1) is 7.54. The van der Waals surface area contributed by atoms with Crippen molar-refractivity contribution in [2.75, 3.05) is 13.2 Å². The van der Waals surface area contributed by atoms with Gasteiger partial charge < -0.3 is 15.3 Å². The van der Waals surface area contributed by atoms with Crippen molar-refractivity contribution >= 4 is 6.47 Å². The van der Waals surface area contributed by atoms with Crippen LogP contribution in [0.1, 0.15) is 13.8 Å². The second-order valence-corrected chi connectivity index (χ2v) is 3.74. The maximum absolute atomic E-state index is 8.43. The summed E-state index contributed by atoms with van der Waals surface area (Å²) < 4.78 is 0. The number of carboxylic acid groups (broad SMARTS) is 1. The van der Waals surface area contributed by atoms with Crippen molar-refractivity contribution in [1.82, 2.24) is 0 Å². The van der Waals surface area contributed by atoms with E-state index in [1.165, 1.54) is 0 Å². The van der Waals surface area contributed by atoms with Gasteiger partial charge in [0.05, 0.1) is 13.2 Å². The van der Waals surface area contributed by atoms with Gasteiger partial charge in [0, 0.05) is 5.41 Å². The predicted octanol–water partition coefficient (Wildman–Crippen LogP) is 1.38. The highest BCUT2D eigenvalue weighted by Crippen LogP contribution is 2.10. The molecule has 16 heavy (non-hydrogen) atoms. The van der Waals surface area contributed by atoms with E-state index >= 15 is 0 Å². The molecule has 0 saturated carbocycles. The summed E-state index contributed by atoms with van der Waals surface area (Å²) in [5.41, 5.74) is -0.306. The highest BCUT2D eigenvalue weighted by molar-refractivity contribution is 5.32. The van der Waals surface area contributed by atoms with Crippen molar-refractivity contribution in [2.45, 2.75) is 13.8 Å². The molecule has 4 nitrogen and oxygen atoms in total. The van der Waals surface area contributed by atoms with E-state index in [9.17, 15) is 0 Å². The average molecular weight is 228 g/mol. The monoisotopic (exact) mass is 228 g/mol. The van der Waals surface area contributed by atoms with Crippen molar-refractivity contribution < 1.29 is 20.1 Å². The van der Waals surface area contributed by atoms with Crippen LogP contribution in [0.5, 0.6) is 0 Å². The van der Waals surface area contributed by atoms with Gasteiger partial charge in [-0.05, 0) is 0 Å². The fraction of sp³-hybridized carbons (Fsp3) is 0.417. The van der Waals surface area contributed by atoms with Gasteiger partial charge in [0.2, 0.25) is 0 Å². The molecule has 0 heterocycles. The Hall–Kier alpha value is -1.39. The molecule has 0 atom stereocenters. The molecule has 1 aromatic rings. The van der Waals surface area contributed by atoms with Crippen LogP contribution in [0.15, 0.2) is 36.4 Å². The van der Waals surface area contributed by atoms with Crippen LogP contribution in [0, 0.1) is 5.41 Å². The summed E-state index contributed by atoms with van der Waals surface area (Å²) in [7, 11) is 0. The lowest BCUT2D eigenvalue weighted by molar-refractivity contribution is -0.122. The lowest BCUT2D eigenvalue weighted by atomic mass is 9.97. The van der Waals surface area contributed by atoms with Crippen LogP contribution < -0.4 is 0 Å². The molecule has 0 aliphatic rings. The Balaban J connectivity index is 0. The summed E-state index contributed by atoms with van der Waals surface area (Å²) >= 11 is 0. The van der Waals surface area contributed by atoms with E-state index in [2.05, 4.69) is 0 Å². The number of aliphatic hydroxyl groups excluding tert-OH is 2. The molecule has 0 aliphatic carbocycles. The van der Waals surface area contributed by atoms with Gasteiger partial charge in [0.1, 0.15) is 0 Å². The van der Waals surface area contributed by atoms with Crippen LogP contribution >= 0.6 is 0 Å². The first kappa shape index (κ1) is 17.0. The van der Waals surface area contributed by atoms with Crippen molar-refractivity contribution in [2.24, 2.45) is 5.41 Å². The molecule has 3 N–H and O–H groups in total. The van der Waals surface area contributed by atoms with Gasteiger partial charge in [-0.3, -0.25) is 4.79 Å². The molecule has 0 amide bonds. The van der Waals surface area contributed by atoms with Crippen molar-refractivity contribution in [3.63, 3.8) is 0 Å². The Morgan fingerprint density at radius 3 is 1.19 bits per heavy atom. The van der Waals surface area contributed by atoms with E-state index in [0.717, 1.165) is 0 Å². The van der Waals surface area contributed by atoms with E-state index in [4.69, 9.17) is 20.1 Å². The number of carbonyl (C=O) groups is 1. The number of benzene rings is 1. The molecule has 0 aromatic heterocycles. The lowest BCUT2D eigenvalue weighted by Crippen LogP contribution is -2.20. The lowest BCUT2D eigenvalue weighted by Gasteiger charge is -2.16. The van der Waals surface area contributed by atoms with Gasteiger partial charge in [-0.15, -0.1) is 0 Å². The minimum Gasteiger partial charge on any atom is -0.483 e. The summed E-state index contributed by atoms with van der Waals surface area (Å²) in [6.45, 7) is 3.44. The Labute approximate surface area is 96.2 Å². The van der Waals surface area contributed by atoms with Gasteiger partial charge >= 0.3 is 0 Å². The number of rotatable bonds is 2. The largest absolute Gasteiger partial charge is 0.483 e. The maximum Gasteiger partial charge on any atom is 0.290 e. The van der Waals surface area contributed by atoms with Crippen molar-refractivity contribution in [1.29, 1.82) is 0 Å². The van der Waals surface area contributed by atoms with Crippen LogP contribution in [0.25, 0.3) is 0 Å². The van der Waals surface area contributed by atoms with Crippen LogP contribution in [-0.4, -0.2) is 35.0 Å². The van der Waals surface area contributed by atoms with Crippen molar-refractivity contribution in [3.8, 4) is 0 Å². The zero-order valence-corrected chi connectivity index (χ0v) is 9.71. The summed E-state index contributed by atoms with van der Waals surface area (Å²) in [6.07, 6.45) is 0. The summed E-state index contributed by atoms with van der Waals surface area (Å²) in [5, 5.41) is 23.8. The standard InChI is InChI=1S/C6H6.C5H12O2.CH2O2/c1-2-4-6-5-3-1;1-5(2,3-6)4-7;2-1-3/h1-6H;6-7H,3-4H2,1-2H3;1H,(H,2,3). The number of hydrogen-bond donors (Lipinski definition) is 3. The van der Waals surface area contributed by atoms with Gasteiger partial charge in [-0.25, -0.2) is 0 Å². The minimum atomic E-state index is -0.306. The Morgan fingerprint density at radius 1 is 0.938 bits per heavy atom. The van der Waals surface area contributed by atoms with Gasteiger partial charge in [-0.2, -0.15) is 0 Å². The molecule has 1 aromatic carbocycles. The van der Waals surface area contributed by atoms with E-state index in [0.29, 0.717) is 0 Å². The molecular weight excluding hydrogens is 208 g/mol. The molecule has 0 aliphatic heterocycles. The van der Waals surface area contributed by atoms with Crippen LogP contribution in [0.4, 0.5) is 0 Å². The molecule has 92 valence electrons. The Morgan fingerprint density at radius 2 is 1.12 bits per heavy atom. The second-order valence-electron chi connectivity index (χ2n) is 3.74. The summed E-state index contributed by atoms with van der Waals surface area (Å²) in [4.78, 5) is 8.36. The fourth-order valence-electron chi connectivity index (χ4n) is 0.435. The number of hydrogen-bond acceptors (Lipinski definition) is 3. The molecule has 0 bridgehead atoms. The molecule has 0 radical (unpaired) electrons. The van der Waals surface area contributed by atoms with E-state index in [1.54, 1.807) is 13.8 Å². The maximum atomic E-state index is 8.43. The molecule has 0 unspecified atom stereocenters. The van der Waals surface area contributed by atoms with E-state index in [1.807, 2.05) is 36.4 Å². The van der Waals surface area contributed by atoms with Gasteiger partial charge in [-0.1, -0.05) is 50.2 Å². The van der Waals surface area contributed by atoms with Crippen molar-refractivity contribution in [3.05, 3.63) is 36.4 Å². The third kappa shape index (κ3) is 15.1. The molecule has 0 fully saturated rings. The van der Waals surface area contributed by atoms with Crippen LogP contribution in [-0.2, 0) is 4.79 Å². The summed E-state index contributed by atoms with van der Waals surface area (Å²) in [6, 6.07) is 12.0. The van der Waals surface area contributed by atoms with Crippen LogP contribution in [0.3, 0.4) is 0 Å². The number of aliphatic hydroxyl groups is 2. The molecule has 0 saturated heterocycles. The molecule has 1 rings (SSSR count). The van der Waals surface area contributed by atoms with Gasteiger partial charge in [0.15, 0.2) is 0 Å². The third-order valence-corrected chi connectivity index (χ3v) is 1.52. The normalized spacial score (nSPS) is 9.00.